The van der Waals surface area contributed by atoms with Crippen LogP contribution >= 0.6 is 0 Å². The van der Waals surface area contributed by atoms with Gasteiger partial charge in [-0.1, -0.05) is 26.0 Å². The number of carbonyl (C=O) groups excluding carboxylic acids is 2. The zero-order valence-corrected chi connectivity index (χ0v) is 17.7. The minimum absolute atomic E-state index is 0.175. The Kier molecular flexibility index (Phi) is 7.93. The van der Waals surface area contributed by atoms with Gasteiger partial charge in [0, 0.05) is 24.5 Å². The van der Waals surface area contributed by atoms with Gasteiger partial charge in [0.05, 0.1) is 0 Å². The first-order valence-electron chi connectivity index (χ1n) is 9.68. The molecule has 0 aliphatic rings. The van der Waals surface area contributed by atoms with Crippen molar-refractivity contribution in [2.45, 2.75) is 40.8 Å². The zero-order chi connectivity index (χ0) is 22.3. The first kappa shape index (κ1) is 22.9. The third kappa shape index (κ3) is 6.31. The monoisotopic (exact) mass is 411 g/mol. The van der Waals surface area contributed by atoms with Crippen LogP contribution in [0.4, 0.5) is 4.39 Å². The lowest BCUT2D eigenvalue weighted by molar-refractivity contribution is -0.144. The summed E-state index contributed by atoms with van der Waals surface area (Å²) in [4.78, 5) is 24.1. The van der Waals surface area contributed by atoms with E-state index in [4.69, 9.17) is 4.74 Å². The van der Waals surface area contributed by atoms with Gasteiger partial charge in [-0.3, -0.25) is 4.79 Å². The molecule has 0 bridgehead atoms. The normalized spacial score (nSPS) is 11.3. The fourth-order valence-corrected chi connectivity index (χ4v) is 2.98. The minimum atomic E-state index is -0.858. The summed E-state index contributed by atoms with van der Waals surface area (Å²) in [6.07, 6.45) is 1.48. The van der Waals surface area contributed by atoms with E-state index in [0.29, 0.717) is 11.5 Å². The highest BCUT2D eigenvalue weighted by Crippen LogP contribution is 2.20. The van der Waals surface area contributed by atoms with Crippen LogP contribution in [0, 0.1) is 36.9 Å². The Bertz CT molecular complexity index is 982. The molecule has 2 aromatic rings. The Morgan fingerprint density at radius 2 is 1.93 bits per heavy atom. The van der Waals surface area contributed by atoms with Crippen molar-refractivity contribution >= 4 is 18.0 Å². The SMILES string of the molecule is Cc1cc(/C=C(\C#N)C(=O)OCC(=O)NCc2ccc(F)cc2)c(C)n1CC(C)C. The second-order valence-electron chi connectivity index (χ2n) is 7.48. The zero-order valence-electron chi connectivity index (χ0n) is 17.7. The summed E-state index contributed by atoms with van der Waals surface area (Å²) in [5, 5.41) is 11.9. The molecule has 6 nitrogen and oxygen atoms in total. The van der Waals surface area contributed by atoms with Crippen molar-refractivity contribution in [3.8, 4) is 6.07 Å². The van der Waals surface area contributed by atoms with Gasteiger partial charge in [0.1, 0.15) is 17.5 Å². The molecule has 1 N–H and O–H groups in total. The molecule has 158 valence electrons. The van der Waals surface area contributed by atoms with Gasteiger partial charge in [0.2, 0.25) is 0 Å². The molecule has 0 atom stereocenters. The van der Waals surface area contributed by atoms with E-state index in [1.807, 2.05) is 26.0 Å². The van der Waals surface area contributed by atoms with Crippen LogP contribution in [0.3, 0.4) is 0 Å². The maximum atomic E-state index is 12.9. The molecular weight excluding hydrogens is 385 g/mol. The smallest absolute Gasteiger partial charge is 0.349 e. The average Bonchev–Trinajstić information content (AvgIpc) is 2.96. The molecule has 0 aliphatic heterocycles. The van der Waals surface area contributed by atoms with Crippen LogP contribution < -0.4 is 5.32 Å². The number of esters is 1. The minimum Gasteiger partial charge on any atom is -0.451 e. The molecule has 0 unspecified atom stereocenters. The molecule has 2 rings (SSSR count). The van der Waals surface area contributed by atoms with Crippen LogP contribution in [-0.2, 0) is 27.4 Å². The number of nitrogens with zero attached hydrogens (tertiary/aromatic N) is 2. The summed E-state index contributed by atoms with van der Waals surface area (Å²) >= 11 is 0. The predicted octanol–water partition coefficient (Wildman–Crippen LogP) is 3.67. The number of ether oxygens (including phenoxy) is 1. The Labute approximate surface area is 176 Å². The second-order valence-corrected chi connectivity index (χ2v) is 7.48. The van der Waals surface area contributed by atoms with Crippen molar-refractivity contribution in [2.75, 3.05) is 6.61 Å². The van der Waals surface area contributed by atoms with Gasteiger partial charge < -0.3 is 14.6 Å². The number of nitriles is 1. The van der Waals surface area contributed by atoms with Crippen LogP contribution in [0.25, 0.3) is 6.08 Å². The van der Waals surface area contributed by atoms with Crippen molar-refractivity contribution in [1.82, 2.24) is 9.88 Å². The summed E-state index contributed by atoms with van der Waals surface area (Å²) in [5.41, 5.74) is 3.30. The standard InChI is InChI=1S/C23H26FN3O3/c1-15(2)13-27-16(3)9-19(17(27)4)10-20(11-25)23(29)30-14-22(28)26-12-18-5-7-21(24)8-6-18/h5-10,15H,12-14H2,1-4H3,(H,26,28)/b20-10+. The van der Waals surface area contributed by atoms with E-state index in [1.165, 1.54) is 18.2 Å². The number of aromatic nitrogens is 1. The lowest BCUT2D eigenvalue weighted by Gasteiger charge is -2.12. The average molecular weight is 411 g/mol. The first-order valence-corrected chi connectivity index (χ1v) is 9.68. The topological polar surface area (TPSA) is 84.1 Å². The van der Waals surface area contributed by atoms with Gasteiger partial charge in [-0.05, 0) is 55.2 Å². The number of halogens is 1. The lowest BCUT2D eigenvalue weighted by Crippen LogP contribution is -2.28. The summed E-state index contributed by atoms with van der Waals surface area (Å²) < 4.78 is 20.0. The fourth-order valence-electron chi connectivity index (χ4n) is 2.98. The van der Waals surface area contributed by atoms with E-state index >= 15 is 0 Å². The third-order valence-corrected chi connectivity index (χ3v) is 4.54. The van der Waals surface area contributed by atoms with Crippen LogP contribution in [-0.4, -0.2) is 23.1 Å². The number of amides is 1. The molecule has 0 spiro atoms. The highest BCUT2D eigenvalue weighted by Gasteiger charge is 2.16. The Morgan fingerprint density at radius 1 is 1.27 bits per heavy atom. The molecule has 7 heteroatoms. The lowest BCUT2D eigenvalue weighted by atomic mass is 10.1. The summed E-state index contributed by atoms with van der Waals surface area (Å²) in [7, 11) is 0. The van der Waals surface area contributed by atoms with E-state index in [1.54, 1.807) is 12.1 Å². The Hall–Kier alpha value is -3.40. The predicted molar refractivity (Wildman–Crippen MR) is 112 cm³/mol. The molecule has 0 fully saturated rings. The van der Waals surface area contributed by atoms with Gasteiger partial charge in [0.15, 0.2) is 6.61 Å². The third-order valence-electron chi connectivity index (χ3n) is 4.54. The maximum Gasteiger partial charge on any atom is 0.349 e. The largest absolute Gasteiger partial charge is 0.451 e. The Balaban J connectivity index is 1.97. The number of hydrogen-bond donors (Lipinski definition) is 1. The van der Waals surface area contributed by atoms with Crippen molar-refractivity contribution < 1.29 is 18.7 Å². The van der Waals surface area contributed by atoms with Gasteiger partial charge >= 0.3 is 5.97 Å². The molecule has 30 heavy (non-hydrogen) atoms. The highest BCUT2D eigenvalue weighted by atomic mass is 19.1. The molecule has 1 aromatic carbocycles. The van der Waals surface area contributed by atoms with Gasteiger partial charge in [-0.15, -0.1) is 0 Å². The van der Waals surface area contributed by atoms with E-state index in [0.717, 1.165) is 23.5 Å². The van der Waals surface area contributed by atoms with Crippen molar-refractivity contribution in [2.24, 2.45) is 5.92 Å². The summed E-state index contributed by atoms with van der Waals surface area (Å²) in [5.74, 6) is -1.27. The number of aryl methyl sites for hydroxylation is 1. The molecule has 0 aliphatic carbocycles. The Morgan fingerprint density at radius 3 is 2.53 bits per heavy atom. The van der Waals surface area contributed by atoms with Crippen LogP contribution in [0.5, 0.6) is 0 Å². The van der Waals surface area contributed by atoms with Crippen LogP contribution in [0.2, 0.25) is 0 Å². The number of nitrogens with one attached hydrogen (secondary N) is 1. The van der Waals surface area contributed by atoms with Gasteiger partial charge in [0.25, 0.3) is 5.91 Å². The molecule has 0 saturated carbocycles. The molecule has 1 heterocycles. The van der Waals surface area contributed by atoms with E-state index < -0.39 is 18.5 Å². The van der Waals surface area contributed by atoms with Crippen LogP contribution in [0.1, 0.15) is 36.4 Å². The molecular formula is C23H26FN3O3. The van der Waals surface area contributed by atoms with Crippen LogP contribution in [0.15, 0.2) is 35.9 Å². The quantitative estimate of drug-likeness (QED) is 0.408. The number of hydrogen-bond acceptors (Lipinski definition) is 4. The number of carbonyl (C=O) groups is 2. The van der Waals surface area contributed by atoms with Gasteiger partial charge in [-0.2, -0.15) is 5.26 Å². The molecule has 0 saturated heterocycles. The molecule has 0 radical (unpaired) electrons. The van der Waals surface area contributed by atoms with Crippen molar-refractivity contribution in [3.63, 3.8) is 0 Å². The van der Waals surface area contributed by atoms with Gasteiger partial charge in [-0.25, -0.2) is 9.18 Å². The summed E-state index contributed by atoms with van der Waals surface area (Å²) in [6, 6.07) is 9.45. The number of benzene rings is 1. The molecule has 1 aromatic heterocycles. The summed E-state index contributed by atoms with van der Waals surface area (Å²) in [6.45, 7) is 8.66. The van der Waals surface area contributed by atoms with Crippen molar-refractivity contribution in [1.29, 1.82) is 5.26 Å². The van der Waals surface area contributed by atoms with E-state index in [2.05, 4.69) is 23.7 Å². The number of rotatable bonds is 8. The second kappa shape index (κ2) is 10.4. The first-order chi connectivity index (χ1) is 14.2. The fraction of sp³-hybridized carbons (Fsp3) is 0.348. The van der Waals surface area contributed by atoms with Crippen molar-refractivity contribution in [3.05, 3.63) is 64.2 Å². The van der Waals surface area contributed by atoms with E-state index in [-0.39, 0.29) is 17.9 Å². The maximum absolute atomic E-state index is 12.9. The highest BCUT2D eigenvalue weighted by molar-refractivity contribution is 5.99. The van der Waals surface area contributed by atoms with E-state index in [9.17, 15) is 19.2 Å². The molecule has 1 amide bonds.